The molecule has 0 N–H and O–H groups in total. The van der Waals surface area contributed by atoms with E-state index in [-0.39, 0.29) is 0 Å². The number of rotatable bonds is 2. The predicted octanol–water partition coefficient (Wildman–Crippen LogP) is 1.77. The molecule has 0 saturated heterocycles. The van der Waals surface area contributed by atoms with Crippen LogP contribution >= 0.6 is 0 Å². The molecule has 0 radical (unpaired) electrons. The highest BCUT2D eigenvalue weighted by atomic mass is 15.5. The Labute approximate surface area is 88.6 Å². The summed E-state index contributed by atoms with van der Waals surface area (Å²) in [5, 5.41) is 8.37. The minimum Gasteiger partial charge on any atom is -0.231 e. The van der Waals surface area contributed by atoms with Crippen molar-refractivity contribution in [1.29, 1.82) is 0 Å². The van der Waals surface area contributed by atoms with Crippen molar-refractivity contribution in [3.05, 3.63) is 17.8 Å². The van der Waals surface area contributed by atoms with Gasteiger partial charge in [-0.05, 0) is 5.92 Å². The maximum absolute atomic E-state index is 4.54. The van der Waals surface area contributed by atoms with Crippen molar-refractivity contribution in [2.45, 2.75) is 39.5 Å². The van der Waals surface area contributed by atoms with Gasteiger partial charge in [-0.1, -0.05) is 27.7 Å². The molecule has 0 aromatic carbocycles. The van der Waals surface area contributed by atoms with Crippen molar-refractivity contribution in [2.24, 2.45) is 0 Å². The van der Waals surface area contributed by atoms with E-state index in [0.717, 1.165) is 17.2 Å². The molecule has 0 saturated carbocycles. The molecule has 2 aromatic heterocycles. The normalized spacial score (nSPS) is 11.9. The summed E-state index contributed by atoms with van der Waals surface area (Å²) in [7, 11) is 0. The van der Waals surface area contributed by atoms with E-state index in [1.807, 2.05) is 0 Å². The first-order valence-corrected chi connectivity index (χ1v) is 5.17. The lowest BCUT2D eigenvalue weighted by molar-refractivity contribution is 0.652. The third kappa shape index (κ3) is 1.69. The van der Waals surface area contributed by atoms with Crippen LogP contribution in [0.1, 0.15) is 51.0 Å². The van der Waals surface area contributed by atoms with Gasteiger partial charge in [0.05, 0.1) is 5.69 Å². The highest BCUT2D eigenvalue weighted by Crippen LogP contribution is 2.18. The molecule has 80 valence electrons. The number of fused-ring (bicyclic) bond motifs is 1. The summed E-state index contributed by atoms with van der Waals surface area (Å²) < 4.78 is 1.57. The molecule has 15 heavy (non-hydrogen) atoms. The molecule has 0 fully saturated rings. The first kappa shape index (κ1) is 10.0. The zero-order valence-corrected chi connectivity index (χ0v) is 9.47. The van der Waals surface area contributed by atoms with Crippen molar-refractivity contribution in [1.82, 2.24) is 24.8 Å². The van der Waals surface area contributed by atoms with E-state index in [0.29, 0.717) is 11.8 Å². The second-order valence-electron chi connectivity index (χ2n) is 4.24. The Morgan fingerprint density at radius 3 is 2.47 bits per heavy atom. The zero-order valence-electron chi connectivity index (χ0n) is 9.47. The number of nitrogens with zero attached hydrogens (tertiary/aromatic N) is 5. The van der Waals surface area contributed by atoms with Gasteiger partial charge in [0, 0.05) is 5.92 Å². The minimum absolute atomic E-state index is 0.302. The van der Waals surface area contributed by atoms with Crippen LogP contribution in [0.3, 0.4) is 0 Å². The summed E-state index contributed by atoms with van der Waals surface area (Å²) in [6, 6.07) is 0. The Morgan fingerprint density at radius 2 is 1.87 bits per heavy atom. The fourth-order valence-corrected chi connectivity index (χ4v) is 1.40. The van der Waals surface area contributed by atoms with E-state index in [2.05, 4.69) is 47.9 Å². The second kappa shape index (κ2) is 3.56. The van der Waals surface area contributed by atoms with Crippen LogP contribution in [0.2, 0.25) is 0 Å². The van der Waals surface area contributed by atoms with Crippen molar-refractivity contribution < 1.29 is 0 Å². The van der Waals surface area contributed by atoms with E-state index in [4.69, 9.17) is 0 Å². The first-order valence-electron chi connectivity index (χ1n) is 5.17. The SMILES string of the molecule is CC(C)c1nc(C(C)C)c2ncnn2n1. The van der Waals surface area contributed by atoms with Gasteiger partial charge in [-0.2, -0.15) is 0 Å². The van der Waals surface area contributed by atoms with Gasteiger partial charge in [-0.15, -0.1) is 14.8 Å². The molecule has 5 nitrogen and oxygen atoms in total. The Kier molecular flexibility index (Phi) is 2.38. The van der Waals surface area contributed by atoms with E-state index < -0.39 is 0 Å². The largest absolute Gasteiger partial charge is 0.231 e. The minimum atomic E-state index is 0.302. The Balaban J connectivity index is 2.69. The van der Waals surface area contributed by atoms with Crippen LogP contribution in [0.4, 0.5) is 0 Å². The molecule has 0 aliphatic heterocycles. The van der Waals surface area contributed by atoms with Gasteiger partial charge < -0.3 is 0 Å². The summed E-state index contributed by atoms with van der Waals surface area (Å²) in [5.41, 5.74) is 1.72. The number of hydrogen-bond donors (Lipinski definition) is 0. The van der Waals surface area contributed by atoms with Crippen LogP contribution in [0.25, 0.3) is 5.65 Å². The maximum atomic E-state index is 4.54. The van der Waals surface area contributed by atoms with Gasteiger partial charge in [-0.3, -0.25) is 0 Å². The number of aromatic nitrogens is 5. The lowest BCUT2D eigenvalue weighted by Gasteiger charge is -2.09. The van der Waals surface area contributed by atoms with Crippen molar-refractivity contribution in [3.63, 3.8) is 0 Å². The molecule has 0 atom stereocenters. The van der Waals surface area contributed by atoms with Crippen LogP contribution in [0, 0.1) is 0 Å². The van der Waals surface area contributed by atoms with E-state index in [1.54, 1.807) is 4.63 Å². The topological polar surface area (TPSA) is 56.0 Å². The molecule has 0 amide bonds. The van der Waals surface area contributed by atoms with E-state index in [9.17, 15) is 0 Å². The molecule has 2 aromatic rings. The van der Waals surface area contributed by atoms with Gasteiger partial charge in [0.25, 0.3) is 0 Å². The summed E-state index contributed by atoms with van der Waals surface area (Å²) in [5.74, 6) is 1.45. The van der Waals surface area contributed by atoms with E-state index >= 15 is 0 Å². The third-order valence-electron chi connectivity index (χ3n) is 2.26. The van der Waals surface area contributed by atoms with Crippen molar-refractivity contribution in [3.8, 4) is 0 Å². The first-order chi connectivity index (χ1) is 7.09. The van der Waals surface area contributed by atoms with Gasteiger partial charge in [0.1, 0.15) is 6.33 Å². The van der Waals surface area contributed by atoms with Crippen LogP contribution in [0.5, 0.6) is 0 Å². The van der Waals surface area contributed by atoms with Crippen molar-refractivity contribution in [2.75, 3.05) is 0 Å². The van der Waals surface area contributed by atoms with Gasteiger partial charge in [-0.25, -0.2) is 9.97 Å². The molecule has 0 spiro atoms. The molecule has 2 heterocycles. The Morgan fingerprint density at radius 1 is 1.13 bits per heavy atom. The fourth-order valence-electron chi connectivity index (χ4n) is 1.40. The zero-order chi connectivity index (χ0) is 11.0. The summed E-state index contributed by atoms with van der Waals surface area (Å²) >= 11 is 0. The molecular formula is C10H15N5. The number of hydrogen-bond acceptors (Lipinski definition) is 4. The molecular weight excluding hydrogens is 190 g/mol. The van der Waals surface area contributed by atoms with Crippen LogP contribution in [-0.2, 0) is 0 Å². The van der Waals surface area contributed by atoms with Gasteiger partial charge in [0.2, 0.25) is 0 Å². The van der Waals surface area contributed by atoms with Crippen LogP contribution in [0.15, 0.2) is 6.33 Å². The molecule has 2 rings (SSSR count). The highest BCUT2D eigenvalue weighted by Gasteiger charge is 2.14. The fraction of sp³-hybridized carbons (Fsp3) is 0.600. The lowest BCUT2D eigenvalue weighted by Crippen LogP contribution is -2.09. The molecule has 0 bridgehead atoms. The summed E-state index contributed by atoms with van der Waals surface area (Å²) in [4.78, 5) is 8.70. The Hall–Kier alpha value is -1.52. The summed E-state index contributed by atoms with van der Waals surface area (Å²) in [6.07, 6.45) is 1.51. The summed E-state index contributed by atoms with van der Waals surface area (Å²) in [6.45, 7) is 8.34. The predicted molar refractivity (Wildman–Crippen MR) is 56.8 cm³/mol. The van der Waals surface area contributed by atoms with E-state index in [1.165, 1.54) is 6.33 Å². The third-order valence-corrected chi connectivity index (χ3v) is 2.26. The van der Waals surface area contributed by atoms with Crippen LogP contribution < -0.4 is 0 Å². The molecule has 0 aliphatic rings. The quantitative estimate of drug-likeness (QED) is 0.749. The van der Waals surface area contributed by atoms with Gasteiger partial charge >= 0.3 is 0 Å². The molecule has 0 unspecified atom stereocenters. The average molecular weight is 205 g/mol. The molecule has 0 aliphatic carbocycles. The average Bonchev–Trinajstić information content (AvgIpc) is 2.62. The second-order valence-corrected chi connectivity index (χ2v) is 4.24. The molecule has 5 heteroatoms. The highest BCUT2D eigenvalue weighted by molar-refractivity contribution is 5.42. The Bertz CT molecular complexity index is 472. The lowest BCUT2D eigenvalue weighted by atomic mass is 10.1. The van der Waals surface area contributed by atoms with Crippen molar-refractivity contribution >= 4 is 5.65 Å². The smallest absolute Gasteiger partial charge is 0.198 e. The van der Waals surface area contributed by atoms with Crippen LogP contribution in [-0.4, -0.2) is 24.8 Å². The maximum Gasteiger partial charge on any atom is 0.198 e. The monoisotopic (exact) mass is 205 g/mol. The standard InChI is InChI=1S/C10H15N5/c1-6(2)8-10-11-5-12-15(10)14-9(13-8)7(3)4/h5-7H,1-4H3. The van der Waals surface area contributed by atoms with Gasteiger partial charge in [0.15, 0.2) is 11.5 Å².